The first-order valence-electron chi connectivity index (χ1n) is 11.6. The molecule has 4 rings (SSSR count). The van der Waals surface area contributed by atoms with Crippen LogP contribution in [0.15, 0.2) is 63.5 Å². The second-order valence-corrected chi connectivity index (χ2v) is 10.1. The standard InChI is InChI=1S/C27H25ClN2O7S/c1-14(2)37-26(34)23-15(3)29-27-30(24(23)17-7-5-6-8-18(17)28)25(33)21(38-27)12-16-9-10-19(20(11-16)35-4)36-13-22(31)32/h5-12,14,24H,13H2,1-4H3,(H,31,32). The number of thiazole rings is 1. The van der Waals surface area contributed by atoms with E-state index in [1.807, 2.05) is 0 Å². The van der Waals surface area contributed by atoms with E-state index in [4.69, 9.17) is 30.9 Å². The highest BCUT2D eigenvalue weighted by Crippen LogP contribution is 2.34. The van der Waals surface area contributed by atoms with Crippen molar-refractivity contribution >= 4 is 41.0 Å². The smallest absolute Gasteiger partial charge is 0.341 e. The third-order valence-corrected chi connectivity index (χ3v) is 6.95. The van der Waals surface area contributed by atoms with Crippen molar-refractivity contribution < 1.29 is 28.9 Å². The Labute approximate surface area is 226 Å². The highest BCUT2D eigenvalue weighted by Gasteiger charge is 2.34. The quantitative estimate of drug-likeness (QED) is 0.423. The lowest BCUT2D eigenvalue weighted by molar-refractivity contribution is -0.143. The second-order valence-electron chi connectivity index (χ2n) is 8.65. The molecule has 38 heavy (non-hydrogen) atoms. The van der Waals surface area contributed by atoms with E-state index >= 15 is 0 Å². The van der Waals surface area contributed by atoms with Crippen LogP contribution in [0.5, 0.6) is 11.5 Å². The van der Waals surface area contributed by atoms with Gasteiger partial charge in [0.05, 0.1) is 29.0 Å². The summed E-state index contributed by atoms with van der Waals surface area (Å²) in [6.07, 6.45) is 1.30. The number of carbonyl (C=O) groups excluding carboxylic acids is 1. The zero-order valence-electron chi connectivity index (χ0n) is 21.1. The molecule has 1 unspecified atom stereocenters. The molecule has 1 aromatic heterocycles. The van der Waals surface area contributed by atoms with Crippen LogP contribution in [-0.2, 0) is 14.3 Å². The van der Waals surface area contributed by atoms with Crippen LogP contribution in [0.3, 0.4) is 0 Å². The van der Waals surface area contributed by atoms with E-state index in [1.165, 1.54) is 23.0 Å². The first-order chi connectivity index (χ1) is 18.1. The lowest BCUT2D eigenvalue weighted by atomic mass is 9.96. The molecule has 1 atom stereocenters. The van der Waals surface area contributed by atoms with Gasteiger partial charge in [-0.2, -0.15) is 0 Å². The van der Waals surface area contributed by atoms with Crippen LogP contribution in [0.1, 0.15) is 37.9 Å². The molecular formula is C27H25ClN2O7S. The van der Waals surface area contributed by atoms with Gasteiger partial charge in [-0.1, -0.05) is 47.2 Å². The molecule has 0 aliphatic carbocycles. The number of hydrogen-bond donors (Lipinski definition) is 1. The molecule has 1 N–H and O–H groups in total. The molecule has 0 spiro atoms. The van der Waals surface area contributed by atoms with E-state index in [1.54, 1.807) is 69.3 Å². The molecule has 3 aromatic rings. The lowest BCUT2D eigenvalue weighted by Gasteiger charge is -2.26. The maximum atomic E-state index is 13.8. The molecule has 0 bridgehead atoms. The number of aromatic nitrogens is 1. The summed E-state index contributed by atoms with van der Waals surface area (Å²) in [6.45, 7) is 4.69. The number of nitrogens with zero attached hydrogens (tertiary/aromatic N) is 2. The normalized spacial score (nSPS) is 15.2. The number of allylic oxidation sites excluding steroid dienone is 1. The van der Waals surface area contributed by atoms with E-state index in [0.29, 0.717) is 36.9 Å². The van der Waals surface area contributed by atoms with Crippen LogP contribution < -0.4 is 24.4 Å². The molecule has 0 fully saturated rings. The Balaban J connectivity index is 1.87. The van der Waals surface area contributed by atoms with Crippen LogP contribution in [-0.4, -0.2) is 41.4 Å². The van der Waals surface area contributed by atoms with Crippen LogP contribution in [0.2, 0.25) is 5.02 Å². The zero-order valence-corrected chi connectivity index (χ0v) is 22.6. The van der Waals surface area contributed by atoms with E-state index in [2.05, 4.69) is 4.99 Å². The van der Waals surface area contributed by atoms with Gasteiger partial charge in [-0.25, -0.2) is 14.6 Å². The molecule has 0 radical (unpaired) electrons. The molecule has 1 aliphatic heterocycles. The first-order valence-corrected chi connectivity index (χ1v) is 12.8. The number of hydrogen-bond acceptors (Lipinski definition) is 8. The number of benzene rings is 2. The average Bonchev–Trinajstić information content (AvgIpc) is 3.16. The molecule has 0 saturated heterocycles. The van der Waals surface area contributed by atoms with Gasteiger partial charge in [0.2, 0.25) is 0 Å². The average molecular weight is 557 g/mol. The fraction of sp³-hybridized carbons (Fsp3) is 0.259. The Morgan fingerprint density at radius 3 is 2.61 bits per heavy atom. The van der Waals surface area contributed by atoms with E-state index in [0.717, 1.165) is 0 Å². The highest BCUT2D eigenvalue weighted by molar-refractivity contribution is 7.07. The first kappa shape index (κ1) is 27.2. The van der Waals surface area contributed by atoms with E-state index in [-0.39, 0.29) is 23.0 Å². The topological polar surface area (TPSA) is 116 Å². The Hall–Kier alpha value is -3.89. The van der Waals surface area contributed by atoms with Gasteiger partial charge < -0.3 is 19.3 Å². The highest BCUT2D eigenvalue weighted by atomic mass is 35.5. The minimum Gasteiger partial charge on any atom is -0.493 e. The summed E-state index contributed by atoms with van der Waals surface area (Å²) in [6, 6.07) is 11.1. The number of carboxylic acid groups (broad SMARTS) is 1. The van der Waals surface area contributed by atoms with Gasteiger partial charge in [0.25, 0.3) is 5.56 Å². The summed E-state index contributed by atoms with van der Waals surface area (Å²) in [7, 11) is 1.44. The van der Waals surface area contributed by atoms with Crippen molar-refractivity contribution in [2.45, 2.75) is 32.9 Å². The van der Waals surface area contributed by atoms with Gasteiger partial charge in [0.15, 0.2) is 22.9 Å². The molecule has 1 aliphatic rings. The molecule has 2 heterocycles. The van der Waals surface area contributed by atoms with Crippen LogP contribution in [0.4, 0.5) is 0 Å². The Morgan fingerprint density at radius 1 is 1.21 bits per heavy atom. The van der Waals surface area contributed by atoms with Crippen molar-refractivity contribution in [3.8, 4) is 11.5 Å². The van der Waals surface area contributed by atoms with Crippen molar-refractivity contribution in [3.05, 3.63) is 89.6 Å². The van der Waals surface area contributed by atoms with Crippen molar-refractivity contribution in [1.29, 1.82) is 0 Å². The number of carboxylic acids is 1. The Morgan fingerprint density at radius 2 is 1.95 bits per heavy atom. The molecule has 0 saturated carbocycles. The number of halogens is 1. The summed E-state index contributed by atoms with van der Waals surface area (Å²) in [5.74, 6) is -1.10. The number of methoxy groups -OCH3 is 1. The van der Waals surface area contributed by atoms with Crippen molar-refractivity contribution in [2.24, 2.45) is 4.99 Å². The van der Waals surface area contributed by atoms with Gasteiger partial charge in [0, 0.05) is 5.02 Å². The third kappa shape index (κ3) is 5.51. The number of esters is 1. The van der Waals surface area contributed by atoms with Crippen molar-refractivity contribution in [2.75, 3.05) is 13.7 Å². The predicted molar refractivity (Wildman–Crippen MR) is 143 cm³/mol. The van der Waals surface area contributed by atoms with Crippen molar-refractivity contribution in [3.63, 3.8) is 0 Å². The second kappa shape index (κ2) is 11.2. The fourth-order valence-corrected chi connectivity index (χ4v) is 5.32. The predicted octanol–water partition coefficient (Wildman–Crippen LogP) is 3.31. The summed E-state index contributed by atoms with van der Waals surface area (Å²) >= 11 is 7.72. The Kier molecular flexibility index (Phi) is 8.03. The van der Waals surface area contributed by atoms with Gasteiger partial charge in [-0.15, -0.1) is 0 Å². The summed E-state index contributed by atoms with van der Waals surface area (Å²) < 4.78 is 17.9. The van der Waals surface area contributed by atoms with Gasteiger partial charge in [-0.05, 0) is 56.2 Å². The van der Waals surface area contributed by atoms with E-state index < -0.39 is 24.6 Å². The SMILES string of the molecule is COc1cc(C=c2sc3n(c2=O)C(c2ccccc2Cl)C(C(=O)OC(C)C)=C(C)N=3)ccc1OCC(=O)O. The molecule has 0 amide bonds. The fourth-order valence-electron chi connectivity index (χ4n) is 4.04. The van der Waals surface area contributed by atoms with Gasteiger partial charge in [0.1, 0.15) is 6.04 Å². The Bertz CT molecular complexity index is 1620. The summed E-state index contributed by atoms with van der Waals surface area (Å²) in [4.78, 5) is 42.7. The number of fused-ring (bicyclic) bond motifs is 1. The van der Waals surface area contributed by atoms with Gasteiger partial charge in [-0.3, -0.25) is 9.36 Å². The van der Waals surface area contributed by atoms with Crippen molar-refractivity contribution in [1.82, 2.24) is 4.57 Å². The molecular weight excluding hydrogens is 532 g/mol. The minimum absolute atomic E-state index is 0.243. The summed E-state index contributed by atoms with van der Waals surface area (Å²) in [5.41, 5.74) is 1.53. The van der Waals surface area contributed by atoms with Gasteiger partial charge >= 0.3 is 11.9 Å². The maximum Gasteiger partial charge on any atom is 0.341 e. The minimum atomic E-state index is -1.11. The lowest BCUT2D eigenvalue weighted by Crippen LogP contribution is -2.40. The summed E-state index contributed by atoms with van der Waals surface area (Å²) in [5, 5.41) is 9.28. The number of ether oxygens (including phenoxy) is 3. The number of rotatable bonds is 8. The van der Waals surface area contributed by atoms with Crippen LogP contribution in [0, 0.1) is 0 Å². The molecule has 198 valence electrons. The third-order valence-electron chi connectivity index (χ3n) is 5.62. The number of carbonyl (C=O) groups is 2. The molecule has 9 nitrogen and oxygen atoms in total. The van der Waals surface area contributed by atoms with Crippen LogP contribution >= 0.6 is 22.9 Å². The monoisotopic (exact) mass is 556 g/mol. The van der Waals surface area contributed by atoms with E-state index in [9.17, 15) is 14.4 Å². The maximum absolute atomic E-state index is 13.8. The largest absolute Gasteiger partial charge is 0.493 e. The molecule has 2 aromatic carbocycles. The number of aliphatic carboxylic acids is 1. The zero-order chi connectivity index (χ0) is 27.6. The molecule has 11 heteroatoms. The van der Waals surface area contributed by atoms with Crippen LogP contribution in [0.25, 0.3) is 6.08 Å².